The third-order valence-electron chi connectivity index (χ3n) is 3.64. The average Bonchev–Trinajstić information content (AvgIpc) is 2.74. The number of amides is 1. The lowest BCUT2D eigenvalue weighted by atomic mass is 9.87. The van der Waals surface area contributed by atoms with E-state index in [0.29, 0.717) is 6.42 Å². The maximum atomic E-state index is 12.4. The molecule has 0 aromatic heterocycles. The summed E-state index contributed by atoms with van der Waals surface area (Å²) < 4.78 is 0. The molecule has 2 unspecified atom stereocenters. The van der Waals surface area contributed by atoms with Crippen molar-refractivity contribution in [2.75, 3.05) is 27.2 Å². The van der Waals surface area contributed by atoms with Crippen molar-refractivity contribution in [3.63, 3.8) is 0 Å². The zero-order chi connectivity index (χ0) is 13.1. The first-order valence-corrected chi connectivity index (χ1v) is 6.31. The van der Waals surface area contributed by atoms with Gasteiger partial charge in [-0.15, -0.1) is 0 Å². The molecule has 1 amide bonds. The topological polar surface area (TPSA) is 47.3 Å². The van der Waals surface area contributed by atoms with Gasteiger partial charge in [0.1, 0.15) is 5.41 Å². The number of hydrogen-bond donors (Lipinski definition) is 0. The summed E-state index contributed by atoms with van der Waals surface area (Å²) in [6, 6.07) is 2.45. The monoisotopic (exact) mass is 237 g/mol. The number of rotatable bonds is 4. The SMILES string of the molecule is CCC(C)(C#N)C(=O)N1CCCC1CN(C)C. The van der Waals surface area contributed by atoms with Crippen LogP contribution in [0.4, 0.5) is 0 Å². The molecule has 0 spiro atoms. The maximum absolute atomic E-state index is 12.4. The number of nitrogens with zero attached hydrogens (tertiary/aromatic N) is 3. The highest BCUT2D eigenvalue weighted by Crippen LogP contribution is 2.28. The molecule has 0 radical (unpaired) electrons. The van der Waals surface area contributed by atoms with Crippen LogP contribution in [0.25, 0.3) is 0 Å². The molecule has 1 aliphatic heterocycles. The molecule has 0 bridgehead atoms. The smallest absolute Gasteiger partial charge is 0.243 e. The van der Waals surface area contributed by atoms with Crippen molar-refractivity contribution in [2.45, 2.75) is 39.2 Å². The molecular formula is C13H23N3O. The Morgan fingerprint density at radius 2 is 2.24 bits per heavy atom. The minimum atomic E-state index is -0.852. The van der Waals surface area contributed by atoms with E-state index >= 15 is 0 Å². The van der Waals surface area contributed by atoms with E-state index in [9.17, 15) is 10.1 Å². The lowest BCUT2D eigenvalue weighted by molar-refractivity contribution is -0.139. The molecule has 0 aromatic carbocycles. The summed E-state index contributed by atoms with van der Waals surface area (Å²) in [5, 5.41) is 9.18. The van der Waals surface area contributed by atoms with Crippen LogP contribution in [0.5, 0.6) is 0 Å². The molecule has 17 heavy (non-hydrogen) atoms. The fraction of sp³-hybridized carbons (Fsp3) is 0.846. The molecule has 0 N–H and O–H groups in total. The number of nitriles is 1. The van der Waals surface area contributed by atoms with Gasteiger partial charge in [-0.25, -0.2) is 0 Å². The Morgan fingerprint density at radius 3 is 2.71 bits per heavy atom. The van der Waals surface area contributed by atoms with Crippen molar-refractivity contribution in [3.8, 4) is 6.07 Å². The fourth-order valence-corrected chi connectivity index (χ4v) is 2.31. The van der Waals surface area contributed by atoms with E-state index < -0.39 is 5.41 Å². The lowest BCUT2D eigenvalue weighted by Crippen LogP contribution is -2.47. The normalized spacial score (nSPS) is 23.5. The Labute approximate surface area is 104 Å². The number of carbonyl (C=O) groups is 1. The van der Waals surface area contributed by atoms with E-state index in [1.807, 2.05) is 25.9 Å². The van der Waals surface area contributed by atoms with Crippen LogP contribution in [0.1, 0.15) is 33.1 Å². The van der Waals surface area contributed by atoms with Crippen LogP contribution in [-0.4, -0.2) is 48.9 Å². The summed E-state index contributed by atoms with van der Waals surface area (Å²) in [6.45, 7) is 5.34. The zero-order valence-electron chi connectivity index (χ0n) is 11.4. The van der Waals surface area contributed by atoms with Crippen LogP contribution in [0.15, 0.2) is 0 Å². The Hall–Kier alpha value is -1.08. The van der Waals surface area contributed by atoms with Crippen molar-refractivity contribution in [1.82, 2.24) is 9.80 Å². The second-order valence-corrected chi connectivity index (χ2v) is 5.35. The highest BCUT2D eigenvalue weighted by Gasteiger charge is 2.39. The van der Waals surface area contributed by atoms with Crippen LogP contribution in [-0.2, 0) is 4.79 Å². The highest BCUT2D eigenvalue weighted by molar-refractivity contribution is 5.85. The van der Waals surface area contributed by atoms with Gasteiger partial charge in [-0.1, -0.05) is 6.92 Å². The molecular weight excluding hydrogens is 214 g/mol. The second kappa shape index (κ2) is 5.50. The molecule has 1 saturated heterocycles. The number of likely N-dealkylation sites (N-methyl/N-ethyl adjacent to an activating group) is 1. The maximum Gasteiger partial charge on any atom is 0.243 e. The van der Waals surface area contributed by atoms with Crippen molar-refractivity contribution >= 4 is 5.91 Å². The summed E-state index contributed by atoms with van der Waals surface area (Å²) in [5.74, 6) is 0.00634. The average molecular weight is 237 g/mol. The molecule has 4 heteroatoms. The van der Waals surface area contributed by atoms with Crippen LogP contribution >= 0.6 is 0 Å². The lowest BCUT2D eigenvalue weighted by Gasteiger charge is -2.32. The predicted octanol–water partition coefficient (Wildman–Crippen LogP) is 1.48. The number of hydrogen-bond acceptors (Lipinski definition) is 3. The highest BCUT2D eigenvalue weighted by atomic mass is 16.2. The Kier molecular flexibility index (Phi) is 4.53. The standard InChI is InChI=1S/C13H23N3O/c1-5-13(2,10-14)12(17)16-8-6-7-11(16)9-15(3)4/h11H,5-9H2,1-4H3. The quantitative estimate of drug-likeness (QED) is 0.744. The molecule has 0 aromatic rings. The van der Waals surface area contributed by atoms with E-state index in [2.05, 4.69) is 11.0 Å². The molecule has 2 atom stereocenters. The summed E-state index contributed by atoms with van der Waals surface area (Å²) in [6.07, 6.45) is 2.68. The van der Waals surface area contributed by atoms with E-state index in [0.717, 1.165) is 25.9 Å². The minimum absolute atomic E-state index is 0.00634. The molecule has 1 fully saturated rings. The molecule has 0 saturated carbocycles. The predicted molar refractivity (Wildman–Crippen MR) is 67.3 cm³/mol. The summed E-state index contributed by atoms with van der Waals surface area (Å²) in [4.78, 5) is 16.4. The van der Waals surface area contributed by atoms with E-state index in [4.69, 9.17) is 0 Å². The molecule has 0 aliphatic carbocycles. The van der Waals surface area contributed by atoms with Gasteiger partial charge in [-0.3, -0.25) is 4.79 Å². The summed E-state index contributed by atoms with van der Waals surface area (Å²) >= 11 is 0. The molecule has 1 aliphatic rings. The Balaban J connectivity index is 2.78. The van der Waals surface area contributed by atoms with E-state index in [1.54, 1.807) is 6.92 Å². The molecule has 4 nitrogen and oxygen atoms in total. The van der Waals surface area contributed by atoms with Gasteiger partial charge in [-0.05, 0) is 40.3 Å². The van der Waals surface area contributed by atoms with Crippen molar-refractivity contribution in [3.05, 3.63) is 0 Å². The number of likely N-dealkylation sites (tertiary alicyclic amines) is 1. The Morgan fingerprint density at radius 1 is 1.59 bits per heavy atom. The minimum Gasteiger partial charge on any atom is -0.337 e. The third-order valence-corrected chi connectivity index (χ3v) is 3.64. The fourth-order valence-electron chi connectivity index (χ4n) is 2.31. The molecule has 96 valence electrons. The van der Waals surface area contributed by atoms with Crippen LogP contribution < -0.4 is 0 Å². The van der Waals surface area contributed by atoms with E-state index in [1.165, 1.54) is 0 Å². The van der Waals surface area contributed by atoms with Gasteiger partial charge in [0.25, 0.3) is 0 Å². The van der Waals surface area contributed by atoms with Crippen molar-refractivity contribution < 1.29 is 4.79 Å². The number of carbonyl (C=O) groups excluding carboxylic acids is 1. The van der Waals surface area contributed by atoms with Crippen LogP contribution in [0.3, 0.4) is 0 Å². The second-order valence-electron chi connectivity index (χ2n) is 5.35. The van der Waals surface area contributed by atoms with Gasteiger partial charge in [0, 0.05) is 19.1 Å². The first-order valence-electron chi connectivity index (χ1n) is 6.31. The first-order chi connectivity index (χ1) is 7.94. The van der Waals surface area contributed by atoms with Gasteiger partial charge in [0.15, 0.2) is 0 Å². The van der Waals surface area contributed by atoms with Crippen molar-refractivity contribution in [2.24, 2.45) is 5.41 Å². The third kappa shape index (κ3) is 2.98. The molecule has 1 rings (SSSR count). The van der Waals surface area contributed by atoms with Gasteiger partial charge >= 0.3 is 0 Å². The largest absolute Gasteiger partial charge is 0.337 e. The zero-order valence-corrected chi connectivity index (χ0v) is 11.4. The van der Waals surface area contributed by atoms with Gasteiger partial charge in [0.2, 0.25) is 5.91 Å². The van der Waals surface area contributed by atoms with Crippen molar-refractivity contribution in [1.29, 1.82) is 5.26 Å². The van der Waals surface area contributed by atoms with Gasteiger partial charge < -0.3 is 9.80 Å². The summed E-state index contributed by atoms with van der Waals surface area (Å²) in [7, 11) is 4.04. The summed E-state index contributed by atoms with van der Waals surface area (Å²) in [5.41, 5.74) is -0.852. The Bertz CT molecular complexity index is 321. The van der Waals surface area contributed by atoms with Crippen LogP contribution in [0, 0.1) is 16.7 Å². The molecule has 1 heterocycles. The van der Waals surface area contributed by atoms with E-state index in [-0.39, 0.29) is 11.9 Å². The van der Waals surface area contributed by atoms with Gasteiger partial charge in [-0.2, -0.15) is 5.26 Å². The first kappa shape index (κ1) is 14.0. The van der Waals surface area contributed by atoms with Crippen LogP contribution in [0.2, 0.25) is 0 Å². The van der Waals surface area contributed by atoms with Gasteiger partial charge in [0.05, 0.1) is 6.07 Å².